The molecule has 1 aliphatic heterocycles. The van der Waals surface area contributed by atoms with Gasteiger partial charge in [-0.15, -0.1) is 0 Å². The molecule has 0 amide bonds. The number of nitrogens with one attached hydrogen (secondary N) is 1. The summed E-state index contributed by atoms with van der Waals surface area (Å²) in [6, 6.07) is 0. The molecule has 0 aromatic carbocycles. The average Bonchev–Trinajstić information content (AvgIpc) is 2.59. The number of piperidine rings is 1. The molecule has 0 aromatic rings. The monoisotopic (exact) mass is 185 g/mol. The summed E-state index contributed by atoms with van der Waals surface area (Å²) in [5, 5.41) is 5.43. The summed E-state index contributed by atoms with van der Waals surface area (Å²) in [5.41, 5.74) is 0. The molecule has 1 saturated carbocycles. The van der Waals surface area contributed by atoms with Gasteiger partial charge in [0, 0.05) is 10.5 Å². The molecule has 1 N–H and O–H groups in total. The standard InChI is InChI=1S/C10H19NS/c1-2-4-9(3-1)12-10-5-7-11-8-6-10/h9-11H,1-8H2. The van der Waals surface area contributed by atoms with Crippen LogP contribution in [0.4, 0.5) is 0 Å². The van der Waals surface area contributed by atoms with Gasteiger partial charge < -0.3 is 5.32 Å². The van der Waals surface area contributed by atoms with Gasteiger partial charge in [0.15, 0.2) is 0 Å². The fourth-order valence-corrected chi connectivity index (χ4v) is 3.89. The first kappa shape index (κ1) is 8.89. The van der Waals surface area contributed by atoms with Crippen LogP contribution in [0.3, 0.4) is 0 Å². The lowest BCUT2D eigenvalue weighted by Crippen LogP contribution is -2.30. The summed E-state index contributed by atoms with van der Waals surface area (Å²) in [4.78, 5) is 0. The first-order valence-electron chi connectivity index (χ1n) is 5.31. The van der Waals surface area contributed by atoms with E-state index in [1.165, 1.54) is 51.6 Å². The Hall–Kier alpha value is 0.310. The lowest BCUT2D eigenvalue weighted by atomic mass is 10.2. The smallest absolute Gasteiger partial charge is 0.00739 e. The van der Waals surface area contributed by atoms with E-state index in [1.54, 1.807) is 0 Å². The molecular formula is C10H19NS. The first-order chi connectivity index (χ1) is 5.95. The Morgan fingerprint density at radius 1 is 0.833 bits per heavy atom. The van der Waals surface area contributed by atoms with Crippen molar-refractivity contribution in [2.75, 3.05) is 13.1 Å². The lowest BCUT2D eigenvalue weighted by molar-refractivity contribution is 0.530. The molecule has 2 rings (SSSR count). The van der Waals surface area contributed by atoms with Crippen LogP contribution in [0.2, 0.25) is 0 Å². The van der Waals surface area contributed by atoms with Gasteiger partial charge in [0.25, 0.3) is 0 Å². The molecule has 0 spiro atoms. The van der Waals surface area contributed by atoms with E-state index in [1.807, 2.05) is 0 Å². The number of rotatable bonds is 2. The van der Waals surface area contributed by atoms with Crippen LogP contribution in [0, 0.1) is 0 Å². The zero-order valence-electron chi connectivity index (χ0n) is 7.72. The van der Waals surface area contributed by atoms with Crippen molar-refractivity contribution in [1.29, 1.82) is 0 Å². The van der Waals surface area contributed by atoms with Crippen molar-refractivity contribution in [1.82, 2.24) is 5.32 Å². The van der Waals surface area contributed by atoms with Gasteiger partial charge in [-0.3, -0.25) is 0 Å². The van der Waals surface area contributed by atoms with E-state index in [2.05, 4.69) is 17.1 Å². The normalized spacial score (nSPS) is 28.0. The molecule has 1 saturated heterocycles. The second-order valence-corrected chi connectivity index (χ2v) is 5.60. The fourth-order valence-electron chi connectivity index (χ4n) is 2.23. The molecule has 0 unspecified atom stereocenters. The highest BCUT2D eigenvalue weighted by molar-refractivity contribution is 8.00. The Morgan fingerprint density at radius 3 is 2.08 bits per heavy atom. The molecule has 2 heteroatoms. The summed E-state index contributed by atoms with van der Waals surface area (Å²) in [7, 11) is 0. The predicted octanol–water partition coefficient (Wildman–Crippen LogP) is 2.41. The van der Waals surface area contributed by atoms with E-state index in [0.717, 1.165) is 10.5 Å². The summed E-state index contributed by atoms with van der Waals surface area (Å²) in [6.07, 6.45) is 8.77. The molecule has 1 heterocycles. The Balaban J connectivity index is 1.69. The van der Waals surface area contributed by atoms with E-state index in [-0.39, 0.29) is 0 Å². The number of hydrogen-bond donors (Lipinski definition) is 1. The maximum absolute atomic E-state index is 3.43. The van der Waals surface area contributed by atoms with E-state index >= 15 is 0 Å². The zero-order valence-corrected chi connectivity index (χ0v) is 8.54. The fraction of sp³-hybridized carbons (Fsp3) is 1.00. The Kier molecular flexibility index (Phi) is 3.35. The molecule has 0 bridgehead atoms. The van der Waals surface area contributed by atoms with E-state index in [4.69, 9.17) is 0 Å². The largest absolute Gasteiger partial charge is 0.317 e. The van der Waals surface area contributed by atoms with E-state index < -0.39 is 0 Å². The second kappa shape index (κ2) is 4.52. The van der Waals surface area contributed by atoms with Gasteiger partial charge in [0.05, 0.1) is 0 Å². The Labute approximate surface area is 79.7 Å². The van der Waals surface area contributed by atoms with E-state index in [0.29, 0.717) is 0 Å². The van der Waals surface area contributed by atoms with Crippen molar-refractivity contribution >= 4 is 11.8 Å². The molecule has 0 atom stereocenters. The summed E-state index contributed by atoms with van der Waals surface area (Å²) < 4.78 is 0. The molecule has 70 valence electrons. The predicted molar refractivity (Wildman–Crippen MR) is 55.7 cm³/mol. The second-order valence-electron chi connectivity index (χ2n) is 3.99. The third-order valence-corrected chi connectivity index (χ3v) is 4.69. The van der Waals surface area contributed by atoms with Crippen LogP contribution in [0.1, 0.15) is 38.5 Å². The van der Waals surface area contributed by atoms with Crippen LogP contribution in [0.15, 0.2) is 0 Å². The van der Waals surface area contributed by atoms with Crippen molar-refractivity contribution in [2.45, 2.75) is 49.0 Å². The number of hydrogen-bond acceptors (Lipinski definition) is 2. The number of thioether (sulfide) groups is 1. The van der Waals surface area contributed by atoms with E-state index in [9.17, 15) is 0 Å². The molecule has 1 nitrogen and oxygen atoms in total. The minimum Gasteiger partial charge on any atom is -0.317 e. The SMILES string of the molecule is C1CCC(SC2CCNCC2)C1. The molecular weight excluding hydrogens is 166 g/mol. The third-order valence-electron chi connectivity index (χ3n) is 2.97. The minimum absolute atomic E-state index is 0.981. The average molecular weight is 185 g/mol. The molecule has 2 fully saturated rings. The highest BCUT2D eigenvalue weighted by Crippen LogP contribution is 2.34. The maximum Gasteiger partial charge on any atom is 0.00739 e. The minimum atomic E-state index is 0.981. The van der Waals surface area contributed by atoms with Crippen LogP contribution in [-0.4, -0.2) is 23.6 Å². The van der Waals surface area contributed by atoms with Crippen molar-refractivity contribution < 1.29 is 0 Å². The van der Waals surface area contributed by atoms with Gasteiger partial charge in [0.1, 0.15) is 0 Å². The van der Waals surface area contributed by atoms with Gasteiger partial charge in [-0.1, -0.05) is 12.8 Å². The van der Waals surface area contributed by atoms with Gasteiger partial charge in [-0.25, -0.2) is 0 Å². The van der Waals surface area contributed by atoms with Gasteiger partial charge in [-0.05, 0) is 38.8 Å². The summed E-state index contributed by atoms with van der Waals surface area (Å²) >= 11 is 2.29. The molecule has 12 heavy (non-hydrogen) atoms. The summed E-state index contributed by atoms with van der Waals surface area (Å²) in [5.74, 6) is 0. The molecule has 0 radical (unpaired) electrons. The lowest BCUT2D eigenvalue weighted by Gasteiger charge is -2.24. The first-order valence-corrected chi connectivity index (χ1v) is 6.25. The maximum atomic E-state index is 3.43. The topological polar surface area (TPSA) is 12.0 Å². The highest BCUT2D eigenvalue weighted by atomic mass is 32.2. The van der Waals surface area contributed by atoms with Crippen LogP contribution in [0.5, 0.6) is 0 Å². The van der Waals surface area contributed by atoms with Gasteiger partial charge in [-0.2, -0.15) is 11.8 Å². The quantitative estimate of drug-likeness (QED) is 0.709. The van der Waals surface area contributed by atoms with Gasteiger partial charge >= 0.3 is 0 Å². The van der Waals surface area contributed by atoms with Crippen LogP contribution in [-0.2, 0) is 0 Å². The van der Waals surface area contributed by atoms with Crippen molar-refractivity contribution in [3.63, 3.8) is 0 Å². The van der Waals surface area contributed by atoms with Crippen molar-refractivity contribution in [3.05, 3.63) is 0 Å². The van der Waals surface area contributed by atoms with Crippen LogP contribution >= 0.6 is 11.8 Å². The van der Waals surface area contributed by atoms with Crippen LogP contribution in [0.25, 0.3) is 0 Å². The van der Waals surface area contributed by atoms with Crippen molar-refractivity contribution in [3.8, 4) is 0 Å². The molecule has 1 aliphatic carbocycles. The summed E-state index contributed by atoms with van der Waals surface area (Å²) in [6.45, 7) is 2.51. The Morgan fingerprint density at radius 2 is 1.42 bits per heavy atom. The zero-order chi connectivity index (χ0) is 8.23. The van der Waals surface area contributed by atoms with Crippen LogP contribution < -0.4 is 5.32 Å². The molecule has 0 aromatic heterocycles. The third kappa shape index (κ3) is 2.40. The van der Waals surface area contributed by atoms with Gasteiger partial charge in [0.2, 0.25) is 0 Å². The highest BCUT2D eigenvalue weighted by Gasteiger charge is 2.21. The Bertz CT molecular complexity index is 126. The molecule has 2 aliphatic rings. The van der Waals surface area contributed by atoms with Crippen molar-refractivity contribution in [2.24, 2.45) is 0 Å².